The molecule has 4 rings (SSSR count). The van der Waals surface area contributed by atoms with Gasteiger partial charge >= 0.3 is 0 Å². The molecular formula is C20H17N7S. The lowest BCUT2D eigenvalue weighted by Crippen LogP contribution is -2.04. The van der Waals surface area contributed by atoms with E-state index >= 15 is 0 Å². The van der Waals surface area contributed by atoms with E-state index in [0.717, 1.165) is 23.2 Å². The second-order valence-corrected chi connectivity index (χ2v) is 6.70. The summed E-state index contributed by atoms with van der Waals surface area (Å²) in [6.07, 6.45) is 2.81. The van der Waals surface area contributed by atoms with Gasteiger partial charge in [-0.05, 0) is 52.2 Å². The number of nitriles is 1. The van der Waals surface area contributed by atoms with Crippen LogP contribution in [-0.4, -0.2) is 30.0 Å². The normalized spacial score (nSPS) is 10.7. The van der Waals surface area contributed by atoms with Crippen LogP contribution in [0.15, 0.2) is 54.7 Å². The number of benzene rings is 2. The number of hydrogen-bond acceptors (Lipinski definition) is 5. The highest BCUT2D eigenvalue weighted by atomic mass is 32.1. The van der Waals surface area contributed by atoms with Crippen LogP contribution in [0.1, 0.15) is 23.6 Å². The molecule has 0 saturated heterocycles. The van der Waals surface area contributed by atoms with Crippen molar-refractivity contribution in [3.05, 3.63) is 76.1 Å². The van der Waals surface area contributed by atoms with Gasteiger partial charge in [-0.3, -0.25) is 5.10 Å². The Labute approximate surface area is 166 Å². The average Bonchev–Trinajstić information content (AvgIpc) is 3.34. The molecule has 2 aromatic carbocycles. The van der Waals surface area contributed by atoms with E-state index < -0.39 is 0 Å². The number of aryl methyl sites for hydroxylation is 1. The molecule has 0 bridgehead atoms. The van der Waals surface area contributed by atoms with Gasteiger partial charge in [0.2, 0.25) is 0 Å². The largest absolute Gasteiger partial charge is 0.299 e. The van der Waals surface area contributed by atoms with Gasteiger partial charge < -0.3 is 0 Å². The number of nitrogens with zero attached hydrogens (tertiary/aromatic N) is 6. The summed E-state index contributed by atoms with van der Waals surface area (Å²) in [5.74, 6) is 0.592. The maximum atomic E-state index is 8.93. The number of tetrazole rings is 1. The molecule has 0 amide bonds. The maximum Gasteiger partial charge on any atom is 0.186 e. The Hall–Kier alpha value is -3.57. The third-order valence-corrected chi connectivity index (χ3v) is 4.96. The molecule has 0 saturated carbocycles. The molecule has 0 radical (unpaired) electrons. The van der Waals surface area contributed by atoms with E-state index in [2.05, 4.69) is 45.7 Å². The Morgan fingerprint density at radius 2 is 1.79 bits per heavy atom. The highest BCUT2D eigenvalue weighted by Gasteiger charge is 2.15. The van der Waals surface area contributed by atoms with Gasteiger partial charge in [-0.1, -0.05) is 43.4 Å². The molecule has 4 aromatic rings. The van der Waals surface area contributed by atoms with E-state index in [1.54, 1.807) is 16.8 Å². The molecule has 0 aliphatic heterocycles. The fourth-order valence-electron chi connectivity index (χ4n) is 2.96. The molecule has 0 spiro atoms. The summed E-state index contributed by atoms with van der Waals surface area (Å²) in [7, 11) is 0. The third-order valence-electron chi connectivity index (χ3n) is 4.56. The molecule has 138 valence electrons. The Bertz CT molecular complexity index is 1190. The summed E-state index contributed by atoms with van der Waals surface area (Å²) in [6, 6.07) is 17.7. The van der Waals surface area contributed by atoms with Crippen LogP contribution in [0.25, 0.3) is 17.1 Å². The van der Waals surface area contributed by atoms with Gasteiger partial charge in [0.25, 0.3) is 0 Å². The smallest absolute Gasteiger partial charge is 0.186 e. The predicted octanol–water partition coefficient (Wildman–Crippen LogP) is 3.67. The Balaban J connectivity index is 1.65. The summed E-state index contributed by atoms with van der Waals surface area (Å²) in [5, 5.41) is 24.2. The van der Waals surface area contributed by atoms with Crippen LogP contribution in [-0.2, 0) is 13.0 Å². The number of nitrogens with one attached hydrogen (secondary N) is 1. The van der Waals surface area contributed by atoms with Gasteiger partial charge in [0.1, 0.15) is 4.64 Å². The van der Waals surface area contributed by atoms with E-state index in [1.165, 1.54) is 5.56 Å². The van der Waals surface area contributed by atoms with Crippen molar-refractivity contribution in [1.29, 1.82) is 5.26 Å². The topological polar surface area (TPSA) is 88.1 Å². The van der Waals surface area contributed by atoms with Gasteiger partial charge in [-0.25, -0.2) is 9.36 Å². The minimum Gasteiger partial charge on any atom is -0.299 e. The van der Waals surface area contributed by atoms with E-state index in [-0.39, 0.29) is 0 Å². The molecule has 0 aliphatic carbocycles. The van der Waals surface area contributed by atoms with Crippen LogP contribution < -0.4 is 0 Å². The van der Waals surface area contributed by atoms with E-state index in [1.807, 2.05) is 35.1 Å². The molecule has 2 aromatic heterocycles. The molecule has 2 heterocycles. The first kappa shape index (κ1) is 17.8. The fourth-order valence-corrected chi connectivity index (χ4v) is 3.27. The fraction of sp³-hybridized carbons (Fsp3) is 0.150. The van der Waals surface area contributed by atoms with Gasteiger partial charge in [-0.2, -0.15) is 5.26 Å². The second-order valence-electron chi connectivity index (χ2n) is 6.32. The van der Waals surface area contributed by atoms with Gasteiger partial charge in [0.15, 0.2) is 5.82 Å². The highest BCUT2D eigenvalue weighted by molar-refractivity contribution is 7.71. The minimum atomic E-state index is 0.485. The van der Waals surface area contributed by atoms with Crippen molar-refractivity contribution < 1.29 is 0 Å². The summed E-state index contributed by atoms with van der Waals surface area (Å²) in [4.78, 5) is 0. The second kappa shape index (κ2) is 7.58. The number of aromatic nitrogens is 6. The summed E-state index contributed by atoms with van der Waals surface area (Å²) < 4.78 is 4.15. The number of rotatable bonds is 5. The number of aromatic amines is 1. The molecule has 0 atom stereocenters. The van der Waals surface area contributed by atoms with Crippen molar-refractivity contribution in [2.24, 2.45) is 0 Å². The summed E-state index contributed by atoms with van der Waals surface area (Å²) in [6.45, 7) is 2.61. The molecule has 7 nitrogen and oxygen atoms in total. The first-order valence-electron chi connectivity index (χ1n) is 8.85. The molecule has 0 fully saturated rings. The van der Waals surface area contributed by atoms with Crippen molar-refractivity contribution in [3.63, 3.8) is 0 Å². The van der Waals surface area contributed by atoms with Crippen LogP contribution in [0.3, 0.4) is 0 Å². The minimum absolute atomic E-state index is 0.485. The van der Waals surface area contributed by atoms with E-state index in [0.29, 0.717) is 22.6 Å². The summed E-state index contributed by atoms with van der Waals surface area (Å²) >= 11 is 5.66. The molecule has 1 N–H and O–H groups in total. The van der Waals surface area contributed by atoms with Crippen molar-refractivity contribution in [2.45, 2.75) is 19.9 Å². The van der Waals surface area contributed by atoms with Gasteiger partial charge in [0.05, 0.1) is 29.4 Å². The lowest BCUT2D eigenvalue weighted by molar-refractivity contribution is 0.653. The first-order valence-corrected chi connectivity index (χ1v) is 9.25. The lowest BCUT2D eigenvalue weighted by atomic mass is 10.1. The Kier molecular flexibility index (Phi) is 4.83. The number of H-pyrrole nitrogens is 1. The highest BCUT2D eigenvalue weighted by Crippen LogP contribution is 2.21. The predicted molar refractivity (Wildman–Crippen MR) is 107 cm³/mol. The first-order chi connectivity index (χ1) is 13.7. The molecule has 28 heavy (non-hydrogen) atoms. The van der Waals surface area contributed by atoms with E-state index in [4.69, 9.17) is 17.5 Å². The quantitative estimate of drug-likeness (QED) is 0.528. The average molecular weight is 387 g/mol. The van der Waals surface area contributed by atoms with E-state index in [9.17, 15) is 0 Å². The standard InChI is InChI=1S/C20H17N7S/c1-2-14-7-9-17(10-8-14)27-20(28)18(12-22-27)19-23-24-25-26(19)13-16-5-3-15(11-21)4-6-16/h3-10,12,22H,2,13H2,1H3. The Morgan fingerprint density at radius 3 is 2.46 bits per heavy atom. The monoisotopic (exact) mass is 387 g/mol. The SMILES string of the molecule is CCc1ccc(-n2[nH]cc(-c3nnnn3Cc3ccc(C#N)cc3)c2=S)cc1. The maximum absolute atomic E-state index is 8.93. The van der Waals surface area contributed by atoms with Gasteiger partial charge in [-0.15, -0.1) is 5.10 Å². The molecule has 0 unspecified atom stereocenters. The molecule has 0 aliphatic rings. The van der Waals surface area contributed by atoms with Crippen molar-refractivity contribution in [1.82, 2.24) is 30.0 Å². The zero-order valence-electron chi connectivity index (χ0n) is 15.2. The van der Waals surface area contributed by atoms with Crippen LogP contribution in [0, 0.1) is 16.0 Å². The molecular weight excluding hydrogens is 370 g/mol. The van der Waals surface area contributed by atoms with Crippen LogP contribution in [0.2, 0.25) is 0 Å². The number of hydrogen-bond donors (Lipinski definition) is 1. The zero-order valence-corrected chi connectivity index (χ0v) is 16.0. The summed E-state index contributed by atoms with van der Waals surface area (Å²) in [5.41, 5.74) is 4.60. The zero-order chi connectivity index (χ0) is 19.5. The van der Waals surface area contributed by atoms with Crippen LogP contribution >= 0.6 is 12.2 Å². The van der Waals surface area contributed by atoms with Crippen LogP contribution in [0.5, 0.6) is 0 Å². The van der Waals surface area contributed by atoms with Crippen molar-refractivity contribution in [2.75, 3.05) is 0 Å². The van der Waals surface area contributed by atoms with Crippen molar-refractivity contribution in [3.8, 4) is 23.1 Å². The van der Waals surface area contributed by atoms with Crippen molar-refractivity contribution >= 4 is 12.2 Å². The third kappa shape index (κ3) is 3.35. The lowest BCUT2D eigenvalue weighted by Gasteiger charge is -2.05. The van der Waals surface area contributed by atoms with Gasteiger partial charge in [0, 0.05) is 6.20 Å². The molecule has 8 heteroatoms. The van der Waals surface area contributed by atoms with Crippen LogP contribution in [0.4, 0.5) is 0 Å². The Morgan fingerprint density at radius 1 is 1.07 bits per heavy atom.